The van der Waals surface area contributed by atoms with E-state index in [0.717, 1.165) is 18.3 Å². The summed E-state index contributed by atoms with van der Waals surface area (Å²) < 4.78 is 0. The summed E-state index contributed by atoms with van der Waals surface area (Å²) in [6.45, 7) is 7.38. The molecule has 0 saturated heterocycles. The molecule has 1 rings (SSSR count). The van der Waals surface area contributed by atoms with Crippen LogP contribution in [0.3, 0.4) is 0 Å². The van der Waals surface area contributed by atoms with Gasteiger partial charge in [0.2, 0.25) is 0 Å². The van der Waals surface area contributed by atoms with E-state index >= 15 is 0 Å². The fraction of sp³-hybridized carbons (Fsp3) is 1.00. The number of aliphatic hydroxyl groups excluding tert-OH is 1. The highest BCUT2D eigenvalue weighted by Crippen LogP contribution is 2.47. The Balaban J connectivity index is 2.49. The average molecular weight is 156 g/mol. The molecule has 1 heteroatoms. The number of rotatable bonds is 2. The SMILES string of the molecule is CC1C(CCO)CCC1(C)C. The quantitative estimate of drug-likeness (QED) is 0.651. The first-order valence-electron chi connectivity index (χ1n) is 4.69. The summed E-state index contributed by atoms with van der Waals surface area (Å²) >= 11 is 0. The zero-order valence-electron chi connectivity index (χ0n) is 7.93. The molecule has 1 aliphatic rings. The third kappa shape index (κ3) is 1.76. The first-order chi connectivity index (χ1) is 5.08. The maximum atomic E-state index is 8.81. The van der Waals surface area contributed by atoms with Crippen molar-refractivity contribution in [3.05, 3.63) is 0 Å². The van der Waals surface area contributed by atoms with Crippen molar-refractivity contribution >= 4 is 0 Å². The van der Waals surface area contributed by atoms with Gasteiger partial charge in [-0.2, -0.15) is 0 Å². The molecule has 0 aliphatic heterocycles. The van der Waals surface area contributed by atoms with Gasteiger partial charge in [-0.3, -0.25) is 0 Å². The molecule has 0 aromatic rings. The number of aliphatic hydroxyl groups is 1. The minimum absolute atomic E-state index is 0.366. The molecule has 0 heterocycles. The number of hydrogen-bond donors (Lipinski definition) is 1. The van der Waals surface area contributed by atoms with Crippen LogP contribution < -0.4 is 0 Å². The van der Waals surface area contributed by atoms with Gasteiger partial charge in [0.15, 0.2) is 0 Å². The van der Waals surface area contributed by atoms with Gasteiger partial charge in [-0.05, 0) is 36.5 Å². The molecule has 2 unspecified atom stereocenters. The Morgan fingerprint density at radius 3 is 2.45 bits per heavy atom. The molecule has 0 spiro atoms. The molecule has 11 heavy (non-hydrogen) atoms. The normalized spacial score (nSPS) is 36.0. The van der Waals surface area contributed by atoms with Crippen molar-refractivity contribution in [2.45, 2.75) is 40.0 Å². The van der Waals surface area contributed by atoms with E-state index in [-0.39, 0.29) is 0 Å². The van der Waals surface area contributed by atoms with E-state index < -0.39 is 0 Å². The molecule has 0 radical (unpaired) electrons. The van der Waals surface area contributed by atoms with Crippen molar-refractivity contribution in [1.29, 1.82) is 0 Å². The summed E-state index contributed by atoms with van der Waals surface area (Å²) in [7, 11) is 0. The molecule has 0 aromatic heterocycles. The van der Waals surface area contributed by atoms with Crippen molar-refractivity contribution < 1.29 is 5.11 Å². The molecule has 1 saturated carbocycles. The maximum Gasteiger partial charge on any atom is 0.0433 e. The van der Waals surface area contributed by atoms with Gasteiger partial charge in [0, 0.05) is 6.61 Å². The second-order valence-corrected chi connectivity index (χ2v) is 4.59. The van der Waals surface area contributed by atoms with Crippen LogP contribution in [0.15, 0.2) is 0 Å². The van der Waals surface area contributed by atoms with Gasteiger partial charge >= 0.3 is 0 Å². The summed E-state index contributed by atoms with van der Waals surface area (Å²) in [5.74, 6) is 1.56. The van der Waals surface area contributed by atoms with Crippen LogP contribution in [0.5, 0.6) is 0 Å². The second kappa shape index (κ2) is 3.14. The van der Waals surface area contributed by atoms with Crippen molar-refractivity contribution in [2.75, 3.05) is 6.61 Å². The Bertz CT molecular complexity index is 129. The maximum absolute atomic E-state index is 8.81. The molecular weight excluding hydrogens is 136 g/mol. The van der Waals surface area contributed by atoms with Gasteiger partial charge in [-0.15, -0.1) is 0 Å². The Morgan fingerprint density at radius 1 is 1.45 bits per heavy atom. The lowest BCUT2D eigenvalue weighted by Gasteiger charge is -2.26. The smallest absolute Gasteiger partial charge is 0.0433 e. The first-order valence-corrected chi connectivity index (χ1v) is 4.69. The molecule has 66 valence electrons. The van der Waals surface area contributed by atoms with E-state index in [1.165, 1.54) is 12.8 Å². The van der Waals surface area contributed by atoms with Crippen LogP contribution in [0.2, 0.25) is 0 Å². The highest BCUT2D eigenvalue weighted by Gasteiger charge is 2.37. The Hall–Kier alpha value is -0.0400. The van der Waals surface area contributed by atoms with Gasteiger partial charge in [-0.1, -0.05) is 20.8 Å². The molecule has 1 fully saturated rings. The van der Waals surface area contributed by atoms with Crippen molar-refractivity contribution in [2.24, 2.45) is 17.3 Å². The summed E-state index contributed by atoms with van der Waals surface area (Å²) in [4.78, 5) is 0. The number of hydrogen-bond acceptors (Lipinski definition) is 1. The van der Waals surface area contributed by atoms with E-state index in [9.17, 15) is 0 Å². The standard InChI is InChI=1S/C10H20O/c1-8-9(5-7-11)4-6-10(8,2)3/h8-9,11H,4-7H2,1-3H3. The lowest BCUT2D eigenvalue weighted by Crippen LogP contribution is -2.19. The lowest BCUT2D eigenvalue weighted by atomic mass is 9.79. The summed E-state index contributed by atoms with van der Waals surface area (Å²) in [6.07, 6.45) is 3.65. The first kappa shape index (κ1) is 9.05. The van der Waals surface area contributed by atoms with Crippen LogP contribution in [0.4, 0.5) is 0 Å². The van der Waals surface area contributed by atoms with Crippen LogP contribution in [-0.4, -0.2) is 11.7 Å². The molecule has 1 aliphatic carbocycles. The van der Waals surface area contributed by atoms with Crippen LogP contribution in [0, 0.1) is 17.3 Å². The highest BCUT2D eigenvalue weighted by molar-refractivity contribution is 4.87. The predicted molar refractivity (Wildman–Crippen MR) is 47.4 cm³/mol. The largest absolute Gasteiger partial charge is 0.396 e. The van der Waals surface area contributed by atoms with Gasteiger partial charge in [0.1, 0.15) is 0 Å². The van der Waals surface area contributed by atoms with Crippen molar-refractivity contribution in [1.82, 2.24) is 0 Å². The zero-order valence-corrected chi connectivity index (χ0v) is 7.93. The van der Waals surface area contributed by atoms with Crippen molar-refractivity contribution in [3.63, 3.8) is 0 Å². The highest BCUT2D eigenvalue weighted by atomic mass is 16.3. The third-order valence-electron chi connectivity index (χ3n) is 3.60. The van der Waals surface area contributed by atoms with E-state index in [0.29, 0.717) is 12.0 Å². The minimum atomic E-state index is 0.366. The van der Waals surface area contributed by atoms with Gasteiger partial charge in [-0.25, -0.2) is 0 Å². The monoisotopic (exact) mass is 156 g/mol. The fourth-order valence-corrected chi connectivity index (χ4v) is 2.23. The van der Waals surface area contributed by atoms with E-state index in [1.807, 2.05) is 0 Å². The van der Waals surface area contributed by atoms with Gasteiger partial charge < -0.3 is 5.11 Å². The molecule has 1 nitrogen and oxygen atoms in total. The Morgan fingerprint density at radius 2 is 2.09 bits per heavy atom. The summed E-state index contributed by atoms with van der Waals surface area (Å²) in [5.41, 5.74) is 0.514. The summed E-state index contributed by atoms with van der Waals surface area (Å²) in [5, 5.41) is 8.81. The van der Waals surface area contributed by atoms with Crippen molar-refractivity contribution in [3.8, 4) is 0 Å². The van der Waals surface area contributed by atoms with Crippen LogP contribution >= 0.6 is 0 Å². The van der Waals surface area contributed by atoms with Crippen LogP contribution in [0.1, 0.15) is 40.0 Å². The van der Waals surface area contributed by atoms with Gasteiger partial charge in [0.05, 0.1) is 0 Å². The topological polar surface area (TPSA) is 20.2 Å². The summed E-state index contributed by atoms with van der Waals surface area (Å²) in [6, 6.07) is 0. The second-order valence-electron chi connectivity index (χ2n) is 4.59. The molecule has 2 atom stereocenters. The Kier molecular flexibility index (Phi) is 2.58. The molecule has 0 aromatic carbocycles. The lowest BCUT2D eigenvalue weighted by molar-refractivity contribution is 0.196. The third-order valence-corrected chi connectivity index (χ3v) is 3.60. The minimum Gasteiger partial charge on any atom is -0.396 e. The molecular formula is C10H20O. The van der Waals surface area contributed by atoms with E-state index in [4.69, 9.17) is 5.11 Å². The fourth-order valence-electron chi connectivity index (χ4n) is 2.23. The molecule has 1 N–H and O–H groups in total. The molecule has 0 amide bonds. The van der Waals surface area contributed by atoms with Gasteiger partial charge in [0.25, 0.3) is 0 Å². The Labute approximate surface area is 69.8 Å². The van der Waals surface area contributed by atoms with Crippen LogP contribution in [-0.2, 0) is 0 Å². The zero-order chi connectivity index (χ0) is 8.48. The predicted octanol–water partition coefficient (Wildman–Crippen LogP) is 2.44. The molecule has 0 bridgehead atoms. The van der Waals surface area contributed by atoms with Crippen LogP contribution in [0.25, 0.3) is 0 Å². The van der Waals surface area contributed by atoms with E-state index in [1.54, 1.807) is 0 Å². The average Bonchev–Trinajstić information content (AvgIpc) is 2.17. The van der Waals surface area contributed by atoms with E-state index in [2.05, 4.69) is 20.8 Å².